The Morgan fingerprint density at radius 2 is 1.64 bits per heavy atom. The van der Waals surface area contributed by atoms with E-state index >= 15 is 0 Å². The first-order valence-electron chi connectivity index (χ1n) is 7.41. The number of nitrogens with one attached hydrogen (secondary N) is 1. The number of nitrogens with two attached hydrogens (primary N) is 1. The summed E-state index contributed by atoms with van der Waals surface area (Å²) in [6.07, 6.45) is 0. The maximum Gasteiger partial charge on any atom is 0.242 e. The summed E-state index contributed by atoms with van der Waals surface area (Å²) in [4.78, 5) is 27.3. The predicted molar refractivity (Wildman–Crippen MR) is 95.8 cm³/mol. The molecule has 0 aromatic carbocycles. The third-order valence-electron chi connectivity index (χ3n) is 3.14. The van der Waals surface area contributed by atoms with Crippen molar-refractivity contribution < 1.29 is 9.59 Å². The summed E-state index contributed by atoms with van der Waals surface area (Å²) < 4.78 is 0. The van der Waals surface area contributed by atoms with Gasteiger partial charge in [-0.05, 0) is 19.0 Å². The Balaban J connectivity index is -0.00000180. The van der Waals surface area contributed by atoms with Crippen LogP contribution in [0.2, 0.25) is 0 Å². The van der Waals surface area contributed by atoms with E-state index in [2.05, 4.69) is 37.9 Å². The molecular weight excluding hydrogens is 327 g/mol. The van der Waals surface area contributed by atoms with Crippen molar-refractivity contribution in [2.24, 2.45) is 11.7 Å². The SMILES string of the molecule is CCN(CC)CCN(CC(C)C)C(=O)CNC(=O)CN.Cl.Cl. The number of hydrogen-bond acceptors (Lipinski definition) is 4. The number of amides is 2. The van der Waals surface area contributed by atoms with Crippen molar-refractivity contribution in [1.82, 2.24) is 15.1 Å². The van der Waals surface area contributed by atoms with Crippen molar-refractivity contribution in [2.75, 3.05) is 45.8 Å². The first kappa shape index (κ1) is 26.3. The lowest BCUT2D eigenvalue weighted by Crippen LogP contribution is -2.46. The van der Waals surface area contributed by atoms with Gasteiger partial charge < -0.3 is 20.9 Å². The number of likely N-dealkylation sites (N-methyl/N-ethyl adjacent to an activating group) is 1. The van der Waals surface area contributed by atoms with E-state index in [1.165, 1.54) is 0 Å². The van der Waals surface area contributed by atoms with Crippen LogP contribution < -0.4 is 11.1 Å². The number of carbonyl (C=O) groups is 2. The summed E-state index contributed by atoms with van der Waals surface area (Å²) in [5.41, 5.74) is 5.21. The molecule has 134 valence electrons. The molecule has 3 N–H and O–H groups in total. The van der Waals surface area contributed by atoms with Gasteiger partial charge in [-0.1, -0.05) is 27.7 Å². The van der Waals surface area contributed by atoms with Crippen LogP contribution in [-0.2, 0) is 9.59 Å². The maximum absolute atomic E-state index is 12.1. The number of hydrogen-bond donors (Lipinski definition) is 2. The Morgan fingerprint density at radius 3 is 2.05 bits per heavy atom. The lowest BCUT2D eigenvalue weighted by atomic mass is 10.2. The highest BCUT2D eigenvalue weighted by Gasteiger charge is 2.16. The average Bonchev–Trinajstić information content (AvgIpc) is 2.43. The summed E-state index contributed by atoms with van der Waals surface area (Å²) >= 11 is 0. The molecule has 0 aromatic rings. The van der Waals surface area contributed by atoms with Gasteiger partial charge >= 0.3 is 0 Å². The molecule has 0 unspecified atom stereocenters. The van der Waals surface area contributed by atoms with E-state index in [0.29, 0.717) is 19.0 Å². The van der Waals surface area contributed by atoms with Crippen LogP contribution in [-0.4, -0.2) is 67.4 Å². The van der Waals surface area contributed by atoms with E-state index in [-0.39, 0.29) is 49.7 Å². The summed E-state index contributed by atoms with van der Waals surface area (Å²) in [5.74, 6) is 0.0557. The molecule has 0 saturated carbocycles. The number of rotatable bonds is 10. The molecule has 0 spiro atoms. The smallest absolute Gasteiger partial charge is 0.242 e. The van der Waals surface area contributed by atoms with Crippen LogP contribution >= 0.6 is 24.8 Å². The monoisotopic (exact) mass is 358 g/mol. The molecule has 0 aliphatic carbocycles. The topological polar surface area (TPSA) is 78.7 Å². The van der Waals surface area contributed by atoms with Crippen LogP contribution in [0.5, 0.6) is 0 Å². The largest absolute Gasteiger partial charge is 0.346 e. The van der Waals surface area contributed by atoms with Gasteiger partial charge in [0.2, 0.25) is 11.8 Å². The van der Waals surface area contributed by atoms with E-state index in [4.69, 9.17) is 5.73 Å². The molecule has 0 fully saturated rings. The van der Waals surface area contributed by atoms with Crippen LogP contribution in [0.4, 0.5) is 0 Å². The minimum absolute atomic E-state index is 0. The standard InChI is InChI=1S/C14H30N4O2.2ClH/c1-5-17(6-2)7-8-18(11-12(3)4)14(20)10-16-13(19)9-15;;/h12H,5-11,15H2,1-4H3,(H,16,19);2*1H. The molecule has 0 aromatic heterocycles. The maximum atomic E-state index is 12.1. The third kappa shape index (κ3) is 12.0. The average molecular weight is 359 g/mol. The van der Waals surface area contributed by atoms with Crippen LogP contribution in [0.1, 0.15) is 27.7 Å². The lowest BCUT2D eigenvalue weighted by Gasteiger charge is -2.28. The molecule has 8 heteroatoms. The van der Waals surface area contributed by atoms with Crippen molar-refractivity contribution in [3.63, 3.8) is 0 Å². The van der Waals surface area contributed by atoms with Gasteiger partial charge in [-0.25, -0.2) is 0 Å². The molecule has 0 atom stereocenters. The van der Waals surface area contributed by atoms with Gasteiger partial charge in [0, 0.05) is 19.6 Å². The lowest BCUT2D eigenvalue weighted by molar-refractivity contribution is -0.133. The molecule has 0 saturated heterocycles. The highest BCUT2D eigenvalue weighted by molar-refractivity contribution is 5.86. The first-order valence-corrected chi connectivity index (χ1v) is 7.41. The molecule has 0 aliphatic heterocycles. The second-order valence-corrected chi connectivity index (χ2v) is 5.24. The molecule has 0 rings (SSSR count). The molecule has 0 aliphatic rings. The van der Waals surface area contributed by atoms with Crippen LogP contribution in [0.15, 0.2) is 0 Å². The number of nitrogens with zero attached hydrogens (tertiary/aromatic N) is 2. The number of halogens is 2. The molecule has 2 amide bonds. The van der Waals surface area contributed by atoms with Gasteiger partial charge in [-0.15, -0.1) is 24.8 Å². The number of carbonyl (C=O) groups excluding carboxylic acids is 2. The Bertz CT molecular complexity index is 301. The Kier molecular flexibility index (Phi) is 18.4. The van der Waals surface area contributed by atoms with Crippen molar-refractivity contribution in [3.8, 4) is 0 Å². The van der Waals surface area contributed by atoms with Gasteiger partial charge in [0.1, 0.15) is 0 Å². The molecule has 0 radical (unpaired) electrons. The van der Waals surface area contributed by atoms with Crippen LogP contribution in [0.25, 0.3) is 0 Å². The normalized spacial score (nSPS) is 9.95. The molecule has 22 heavy (non-hydrogen) atoms. The highest BCUT2D eigenvalue weighted by atomic mass is 35.5. The predicted octanol–water partition coefficient (Wildman–Crippen LogP) is 0.731. The molecular formula is C14H32Cl2N4O2. The minimum atomic E-state index is -0.299. The summed E-state index contributed by atoms with van der Waals surface area (Å²) in [5, 5.41) is 2.53. The zero-order valence-corrected chi connectivity index (χ0v) is 15.8. The summed E-state index contributed by atoms with van der Waals surface area (Å²) in [6, 6.07) is 0. The van der Waals surface area contributed by atoms with Crippen molar-refractivity contribution >= 4 is 36.6 Å². The van der Waals surface area contributed by atoms with Gasteiger partial charge in [-0.3, -0.25) is 9.59 Å². The fraction of sp³-hybridized carbons (Fsp3) is 0.857. The van der Waals surface area contributed by atoms with Crippen molar-refractivity contribution in [3.05, 3.63) is 0 Å². The van der Waals surface area contributed by atoms with Gasteiger partial charge in [0.15, 0.2) is 0 Å². The van der Waals surface area contributed by atoms with Crippen molar-refractivity contribution in [1.29, 1.82) is 0 Å². The Labute approximate surface area is 147 Å². The highest BCUT2D eigenvalue weighted by Crippen LogP contribution is 2.00. The second-order valence-electron chi connectivity index (χ2n) is 5.24. The first-order chi connectivity index (χ1) is 9.44. The fourth-order valence-corrected chi connectivity index (χ4v) is 1.92. The van der Waals surface area contributed by atoms with Crippen LogP contribution in [0.3, 0.4) is 0 Å². The van der Waals surface area contributed by atoms with Gasteiger partial charge in [0.05, 0.1) is 13.1 Å². The molecule has 0 bridgehead atoms. The Morgan fingerprint density at radius 1 is 1.09 bits per heavy atom. The third-order valence-corrected chi connectivity index (χ3v) is 3.14. The van der Waals surface area contributed by atoms with Gasteiger partial charge in [0.25, 0.3) is 0 Å². The van der Waals surface area contributed by atoms with E-state index < -0.39 is 0 Å². The van der Waals surface area contributed by atoms with Crippen molar-refractivity contribution in [2.45, 2.75) is 27.7 Å². The minimum Gasteiger partial charge on any atom is -0.346 e. The zero-order valence-electron chi connectivity index (χ0n) is 14.1. The summed E-state index contributed by atoms with van der Waals surface area (Å²) in [7, 11) is 0. The quantitative estimate of drug-likeness (QED) is 0.603. The zero-order chi connectivity index (χ0) is 15.5. The van der Waals surface area contributed by atoms with E-state index in [1.54, 1.807) is 0 Å². The van der Waals surface area contributed by atoms with Crippen LogP contribution in [0, 0.1) is 5.92 Å². The molecule has 6 nitrogen and oxygen atoms in total. The van der Waals surface area contributed by atoms with E-state index in [1.807, 2.05) is 4.90 Å². The Hall–Kier alpha value is -0.560. The fourth-order valence-electron chi connectivity index (χ4n) is 1.92. The van der Waals surface area contributed by atoms with Gasteiger partial charge in [-0.2, -0.15) is 0 Å². The second kappa shape index (κ2) is 15.3. The van der Waals surface area contributed by atoms with E-state index in [0.717, 1.165) is 19.6 Å². The van der Waals surface area contributed by atoms with E-state index in [9.17, 15) is 9.59 Å². The molecule has 0 heterocycles. The summed E-state index contributed by atoms with van der Waals surface area (Å²) in [6.45, 7) is 12.5.